The lowest BCUT2D eigenvalue weighted by atomic mass is 10.1. The number of aromatic nitrogens is 3. The molecule has 2 aromatic heterocycles. The lowest BCUT2D eigenvalue weighted by Crippen LogP contribution is -2.16. The van der Waals surface area contributed by atoms with E-state index in [0.29, 0.717) is 6.54 Å². The van der Waals surface area contributed by atoms with Crippen molar-refractivity contribution in [1.29, 1.82) is 0 Å². The van der Waals surface area contributed by atoms with Crippen LogP contribution in [0.15, 0.2) is 59.8 Å². The quantitative estimate of drug-likeness (QED) is 0.734. The van der Waals surface area contributed by atoms with Gasteiger partial charge in [0.15, 0.2) is 0 Å². The van der Waals surface area contributed by atoms with E-state index in [9.17, 15) is 8.42 Å². The number of sulfonamides is 1. The van der Waals surface area contributed by atoms with Gasteiger partial charge in [-0.3, -0.25) is 4.68 Å². The fourth-order valence-electron chi connectivity index (χ4n) is 2.44. The lowest BCUT2D eigenvalue weighted by molar-refractivity contribution is 0.597. The first-order chi connectivity index (χ1) is 11.4. The predicted octanol–water partition coefficient (Wildman–Crippen LogP) is 1.74. The van der Waals surface area contributed by atoms with E-state index in [0.717, 1.165) is 16.8 Å². The summed E-state index contributed by atoms with van der Waals surface area (Å²) in [5.41, 5.74) is 2.75. The average Bonchev–Trinajstić information content (AvgIpc) is 2.94. The Morgan fingerprint density at radius 3 is 2.62 bits per heavy atom. The minimum atomic E-state index is -3.84. The Morgan fingerprint density at radius 2 is 1.92 bits per heavy atom. The number of aryl methyl sites for hydroxylation is 1. The van der Waals surface area contributed by atoms with E-state index >= 15 is 0 Å². The number of hydrogen-bond acceptors (Lipinski definition) is 5. The molecule has 24 heavy (non-hydrogen) atoms. The van der Waals surface area contributed by atoms with Crippen LogP contribution < -0.4 is 10.5 Å². The fraction of sp³-hybridized carbons (Fsp3) is 0.125. The van der Waals surface area contributed by atoms with Gasteiger partial charge in [-0.15, -0.1) is 0 Å². The monoisotopic (exact) mass is 343 g/mol. The number of benzene rings is 1. The van der Waals surface area contributed by atoms with E-state index in [1.165, 1.54) is 18.3 Å². The van der Waals surface area contributed by atoms with E-state index < -0.39 is 10.0 Å². The first-order valence-electron chi connectivity index (χ1n) is 7.25. The molecule has 0 unspecified atom stereocenters. The topological polar surface area (TPSA) is 103 Å². The van der Waals surface area contributed by atoms with Gasteiger partial charge in [-0.25, -0.2) is 18.5 Å². The van der Waals surface area contributed by atoms with E-state index in [-0.39, 0.29) is 10.7 Å². The molecule has 7 nitrogen and oxygen atoms in total. The summed E-state index contributed by atoms with van der Waals surface area (Å²) in [6.07, 6.45) is 3.40. The SMILES string of the molecule is Cn1cc(CNc2ncccc2S(N)(=O)=O)c(-c2ccccc2)n1. The summed E-state index contributed by atoms with van der Waals surface area (Å²) in [6, 6.07) is 12.7. The molecule has 0 bridgehead atoms. The minimum Gasteiger partial charge on any atom is -0.365 e. The normalized spacial score (nSPS) is 11.4. The maximum absolute atomic E-state index is 11.6. The molecule has 0 radical (unpaired) electrons. The molecule has 0 aliphatic rings. The summed E-state index contributed by atoms with van der Waals surface area (Å²) in [6.45, 7) is 0.373. The van der Waals surface area contributed by atoms with Crippen molar-refractivity contribution in [3.8, 4) is 11.3 Å². The Hall–Kier alpha value is -2.71. The highest BCUT2D eigenvalue weighted by molar-refractivity contribution is 7.89. The zero-order valence-electron chi connectivity index (χ0n) is 13.0. The number of nitrogens with zero attached hydrogens (tertiary/aromatic N) is 3. The first-order valence-corrected chi connectivity index (χ1v) is 8.79. The molecule has 0 spiro atoms. The highest BCUT2D eigenvalue weighted by Gasteiger charge is 2.16. The van der Waals surface area contributed by atoms with Crippen molar-refractivity contribution < 1.29 is 8.42 Å². The number of pyridine rings is 1. The smallest absolute Gasteiger partial charge is 0.241 e. The van der Waals surface area contributed by atoms with Crippen molar-refractivity contribution in [2.75, 3.05) is 5.32 Å². The molecule has 0 aliphatic carbocycles. The molecule has 0 amide bonds. The Kier molecular flexibility index (Phi) is 4.32. The number of nitrogens with two attached hydrogens (primary N) is 1. The van der Waals surface area contributed by atoms with Crippen LogP contribution in [-0.2, 0) is 23.6 Å². The maximum Gasteiger partial charge on any atom is 0.241 e. The predicted molar refractivity (Wildman–Crippen MR) is 91.6 cm³/mol. The van der Waals surface area contributed by atoms with Crippen molar-refractivity contribution in [3.05, 3.63) is 60.4 Å². The van der Waals surface area contributed by atoms with Gasteiger partial charge in [0.1, 0.15) is 10.7 Å². The third-order valence-corrected chi connectivity index (χ3v) is 4.42. The summed E-state index contributed by atoms with van der Waals surface area (Å²) in [7, 11) is -2.00. The Balaban J connectivity index is 1.90. The summed E-state index contributed by atoms with van der Waals surface area (Å²) in [5, 5.41) is 12.7. The van der Waals surface area contributed by atoms with E-state index in [1.54, 1.807) is 4.68 Å². The van der Waals surface area contributed by atoms with Gasteiger partial charge in [0, 0.05) is 37.1 Å². The van der Waals surface area contributed by atoms with E-state index in [2.05, 4.69) is 15.4 Å². The molecule has 3 N–H and O–H groups in total. The summed E-state index contributed by atoms with van der Waals surface area (Å²) >= 11 is 0. The van der Waals surface area contributed by atoms with Crippen LogP contribution >= 0.6 is 0 Å². The second-order valence-corrected chi connectivity index (χ2v) is 6.82. The van der Waals surface area contributed by atoms with Gasteiger partial charge in [0.25, 0.3) is 0 Å². The summed E-state index contributed by atoms with van der Waals surface area (Å²) in [4.78, 5) is 4.04. The number of hydrogen-bond donors (Lipinski definition) is 2. The molecular weight excluding hydrogens is 326 g/mol. The number of anilines is 1. The molecule has 2 heterocycles. The molecular formula is C16H17N5O2S. The maximum atomic E-state index is 11.6. The first kappa shape index (κ1) is 16.2. The fourth-order valence-corrected chi connectivity index (χ4v) is 3.10. The second kappa shape index (κ2) is 6.42. The molecule has 0 atom stereocenters. The van der Waals surface area contributed by atoms with Crippen LogP contribution in [0.5, 0.6) is 0 Å². The molecule has 0 saturated carbocycles. The lowest BCUT2D eigenvalue weighted by Gasteiger charge is -2.09. The van der Waals surface area contributed by atoms with Crippen LogP contribution in [0.1, 0.15) is 5.56 Å². The largest absolute Gasteiger partial charge is 0.365 e. The minimum absolute atomic E-state index is 0.0323. The summed E-state index contributed by atoms with van der Waals surface area (Å²) in [5.74, 6) is 0.225. The van der Waals surface area contributed by atoms with Crippen molar-refractivity contribution in [2.45, 2.75) is 11.4 Å². The van der Waals surface area contributed by atoms with Crippen LogP contribution in [0.2, 0.25) is 0 Å². The summed E-state index contributed by atoms with van der Waals surface area (Å²) < 4.78 is 25.0. The standard InChI is InChI=1S/C16H17N5O2S/c1-21-11-13(15(20-21)12-6-3-2-4-7-12)10-19-16-14(24(17,22)23)8-5-9-18-16/h2-9,11H,10H2,1H3,(H,18,19)(H2,17,22,23). The number of nitrogens with one attached hydrogen (secondary N) is 1. The zero-order chi connectivity index (χ0) is 17.2. The van der Waals surface area contributed by atoms with Crippen molar-refractivity contribution in [3.63, 3.8) is 0 Å². The third kappa shape index (κ3) is 3.44. The van der Waals surface area contributed by atoms with Gasteiger partial charge in [-0.1, -0.05) is 30.3 Å². The highest BCUT2D eigenvalue weighted by atomic mass is 32.2. The Labute approximate surface area is 140 Å². The molecule has 3 rings (SSSR count). The average molecular weight is 343 g/mol. The van der Waals surface area contributed by atoms with Gasteiger partial charge in [0.2, 0.25) is 10.0 Å². The third-order valence-electron chi connectivity index (χ3n) is 3.48. The van der Waals surface area contributed by atoms with Crippen LogP contribution in [0.3, 0.4) is 0 Å². The number of primary sulfonamides is 1. The zero-order valence-corrected chi connectivity index (χ0v) is 13.9. The molecule has 0 saturated heterocycles. The molecule has 1 aromatic carbocycles. The van der Waals surface area contributed by atoms with E-state index in [4.69, 9.17) is 5.14 Å². The highest BCUT2D eigenvalue weighted by Crippen LogP contribution is 2.23. The van der Waals surface area contributed by atoms with E-state index in [1.807, 2.05) is 43.6 Å². The molecule has 124 valence electrons. The van der Waals surface area contributed by atoms with Gasteiger partial charge >= 0.3 is 0 Å². The Bertz CT molecular complexity index is 952. The molecule has 0 aliphatic heterocycles. The van der Waals surface area contributed by atoms with Gasteiger partial charge in [-0.2, -0.15) is 5.10 Å². The van der Waals surface area contributed by atoms with Gasteiger partial charge < -0.3 is 5.32 Å². The van der Waals surface area contributed by atoms with Crippen LogP contribution in [-0.4, -0.2) is 23.2 Å². The van der Waals surface area contributed by atoms with Gasteiger partial charge in [0.05, 0.1) is 5.69 Å². The van der Waals surface area contributed by atoms with Crippen molar-refractivity contribution >= 4 is 15.8 Å². The Morgan fingerprint density at radius 1 is 1.17 bits per heavy atom. The van der Waals surface area contributed by atoms with Crippen LogP contribution in [0.4, 0.5) is 5.82 Å². The second-order valence-electron chi connectivity index (χ2n) is 5.29. The van der Waals surface area contributed by atoms with Crippen molar-refractivity contribution in [2.24, 2.45) is 12.2 Å². The molecule has 0 fully saturated rings. The van der Waals surface area contributed by atoms with Gasteiger partial charge in [-0.05, 0) is 12.1 Å². The number of rotatable bonds is 5. The van der Waals surface area contributed by atoms with Crippen LogP contribution in [0, 0.1) is 0 Å². The van der Waals surface area contributed by atoms with Crippen molar-refractivity contribution in [1.82, 2.24) is 14.8 Å². The molecule has 8 heteroatoms. The molecule has 3 aromatic rings. The van der Waals surface area contributed by atoms with Crippen LogP contribution in [0.25, 0.3) is 11.3 Å².